The van der Waals surface area contributed by atoms with E-state index in [0.717, 1.165) is 18.6 Å². The van der Waals surface area contributed by atoms with Crippen molar-refractivity contribution in [2.45, 2.75) is 37.5 Å². The molecule has 1 aliphatic rings. The molecule has 86 valence electrons. The summed E-state index contributed by atoms with van der Waals surface area (Å²) in [5.41, 5.74) is 5.47. The van der Waals surface area contributed by atoms with Crippen LogP contribution in [0.25, 0.3) is 0 Å². The number of hydrogen-bond acceptors (Lipinski definition) is 3. The maximum absolute atomic E-state index is 12.0. The predicted molar refractivity (Wildman–Crippen MR) is 69.1 cm³/mol. The highest BCUT2D eigenvalue weighted by Crippen LogP contribution is 2.28. The molecular formula is C10H18N2OS2. The van der Waals surface area contributed by atoms with Gasteiger partial charge >= 0.3 is 0 Å². The van der Waals surface area contributed by atoms with Crippen molar-refractivity contribution in [3.63, 3.8) is 0 Å². The average molecular weight is 246 g/mol. The standard InChI is InChI=1S/C10H18N2OS2/c1-7(6-9(11)14)12(2)10(13)8-4-3-5-15-8/h7-8H,3-6H2,1-2H3,(H2,11,14). The van der Waals surface area contributed by atoms with Crippen molar-refractivity contribution in [2.75, 3.05) is 12.8 Å². The van der Waals surface area contributed by atoms with Crippen LogP contribution in [-0.2, 0) is 4.79 Å². The number of rotatable bonds is 4. The Kier molecular flexibility index (Phi) is 4.86. The quantitative estimate of drug-likeness (QED) is 0.762. The molecule has 2 atom stereocenters. The van der Waals surface area contributed by atoms with Crippen molar-refractivity contribution in [3.8, 4) is 0 Å². The molecule has 3 nitrogen and oxygen atoms in total. The summed E-state index contributed by atoms with van der Waals surface area (Å²) < 4.78 is 0. The molecule has 0 radical (unpaired) electrons. The van der Waals surface area contributed by atoms with Crippen molar-refractivity contribution in [1.82, 2.24) is 4.90 Å². The van der Waals surface area contributed by atoms with Gasteiger partial charge in [-0.1, -0.05) is 12.2 Å². The Hall–Kier alpha value is -0.290. The number of nitrogens with two attached hydrogens (primary N) is 1. The maximum atomic E-state index is 12.0. The lowest BCUT2D eigenvalue weighted by molar-refractivity contribution is -0.130. The first-order valence-corrected chi connectivity index (χ1v) is 6.64. The maximum Gasteiger partial charge on any atom is 0.235 e. The van der Waals surface area contributed by atoms with Crippen LogP contribution in [0.1, 0.15) is 26.2 Å². The van der Waals surface area contributed by atoms with Gasteiger partial charge in [0.1, 0.15) is 0 Å². The zero-order chi connectivity index (χ0) is 11.4. The van der Waals surface area contributed by atoms with Crippen LogP contribution in [0.15, 0.2) is 0 Å². The normalized spacial score (nSPS) is 22.4. The molecule has 0 saturated carbocycles. The van der Waals surface area contributed by atoms with E-state index in [-0.39, 0.29) is 17.2 Å². The summed E-state index contributed by atoms with van der Waals surface area (Å²) in [5, 5.41) is 0.156. The fourth-order valence-electron chi connectivity index (χ4n) is 1.64. The molecule has 2 N–H and O–H groups in total. The molecule has 0 aliphatic carbocycles. The number of carbonyl (C=O) groups is 1. The molecule has 0 bridgehead atoms. The molecule has 0 aromatic heterocycles. The van der Waals surface area contributed by atoms with Gasteiger partial charge in [0, 0.05) is 19.5 Å². The van der Waals surface area contributed by atoms with Crippen molar-refractivity contribution in [1.29, 1.82) is 0 Å². The van der Waals surface area contributed by atoms with Crippen LogP contribution >= 0.6 is 24.0 Å². The van der Waals surface area contributed by atoms with Crippen molar-refractivity contribution in [2.24, 2.45) is 5.73 Å². The van der Waals surface area contributed by atoms with Crippen LogP contribution in [0.4, 0.5) is 0 Å². The van der Waals surface area contributed by atoms with E-state index in [1.54, 1.807) is 16.7 Å². The summed E-state index contributed by atoms with van der Waals surface area (Å²) in [6, 6.07) is 0.108. The van der Waals surface area contributed by atoms with Gasteiger partial charge in [0.15, 0.2) is 0 Å². The number of thiocarbonyl (C=S) groups is 1. The molecule has 0 aromatic rings. The van der Waals surface area contributed by atoms with Crippen LogP contribution < -0.4 is 5.73 Å². The first kappa shape index (κ1) is 12.8. The Morgan fingerprint density at radius 1 is 1.73 bits per heavy atom. The molecule has 5 heteroatoms. The topological polar surface area (TPSA) is 46.3 Å². The molecule has 1 rings (SSSR count). The minimum Gasteiger partial charge on any atom is -0.393 e. The molecule has 15 heavy (non-hydrogen) atoms. The summed E-state index contributed by atoms with van der Waals surface area (Å²) in [7, 11) is 1.84. The predicted octanol–water partition coefficient (Wildman–Crippen LogP) is 1.41. The zero-order valence-corrected chi connectivity index (χ0v) is 10.9. The number of nitrogens with zero attached hydrogens (tertiary/aromatic N) is 1. The summed E-state index contributed by atoms with van der Waals surface area (Å²) in [5.74, 6) is 1.33. The van der Waals surface area contributed by atoms with E-state index in [4.69, 9.17) is 18.0 Å². The monoisotopic (exact) mass is 246 g/mol. The summed E-state index contributed by atoms with van der Waals surface area (Å²) in [6.07, 6.45) is 2.77. The lowest BCUT2D eigenvalue weighted by Crippen LogP contribution is -2.41. The van der Waals surface area contributed by atoms with Crippen LogP contribution in [-0.4, -0.2) is 39.9 Å². The van der Waals surface area contributed by atoms with Gasteiger partial charge in [-0.25, -0.2) is 0 Å². The Morgan fingerprint density at radius 3 is 2.87 bits per heavy atom. The first-order chi connectivity index (χ1) is 7.02. The van der Waals surface area contributed by atoms with Crippen molar-refractivity contribution >= 4 is 34.9 Å². The van der Waals surface area contributed by atoms with Gasteiger partial charge in [-0.3, -0.25) is 4.79 Å². The Balaban J connectivity index is 2.47. The van der Waals surface area contributed by atoms with Gasteiger partial charge in [0.2, 0.25) is 5.91 Å². The average Bonchev–Trinajstić information content (AvgIpc) is 2.67. The molecule has 0 spiro atoms. The van der Waals surface area contributed by atoms with Gasteiger partial charge in [-0.05, 0) is 25.5 Å². The molecule has 0 aromatic carbocycles. The van der Waals surface area contributed by atoms with E-state index in [2.05, 4.69) is 0 Å². The van der Waals surface area contributed by atoms with Gasteiger partial charge < -0.3 is 10.6 Å². The summed E-state index contributed by atoms with van der Waals surface area (Å²) in [6.45, 7) is 1.98. The molecular weight excluding hydrogens is 228 g/mol. The Morgan fingerprint density at radius 2 is 2.40 bits per heavy atom. The number of thioether (sulfide) groups is 1. The van der Waals surface area contributed by atoms with E-state index >= 15 is 0 Å². The first-order valence-electron chi connectivity index (χ1n) is 5.19. The second-order valence-electron chi connectivity index (χ2n) is 3.97. The Bertz CT molecular complexity index is 252. The molecule has 2 unspecified atom stereocenters. The van der Waals surface area contributed by atoms with Gasteiger partial charge in [-0.15, -0.1) is 11.8 Å². The number of hydrogen-bond donors (Lipinski definition) is 1. The van der Waals surface area contributed by atoms with Crippen molar-refractivity contribution < 1.29 is 4.79 Å². The second-order valence-corrected chi connectivity index (χ2v) is 5.81. The lowest BCUT2D eigenvalue weighted by Gasteiger charge is -2.26. The lowest BCUT2D eigenvalue weighted by atomic mass is 10.1. The third-order valence-corrected chi connectivity index (χ3v) is 4.24. The van der Waals surface area contributed by atoms with Crippen LogP contribution in [0.2, 0.25) is 0 Å². The fourth-order valence-corrected chi connectivity index (χ4v) is 3.15. The summed E-state index contributed by atoms with van der Waals surface area (Å²) >= 11 is 6.61. The zero-order valence-electron chi connectivity index (χ0n) is 9.23. The van der Waals surface area contributed by atoms with Gasteiger partial charge in [0.25, 0.3) is 0 Å². The fraction of sp³-hybridized carbons (Fsp3) is 0.800. The van der Waals surface area contributed by atoms with E-state index in [1.807, 2.05) is 14.0 Å². The SMILES string of the molecule is CC(CC(N)=S)N(C)C(=O)C1CCCS1. The van der Waals surface area contributed by atoms with Gasteiger partial charge in [0.05, 0.1) is 10.2 Å². The van der Waals surface area contributed by atoms with E-state index < -0.39 is 0 Å². The molecule has 1 fully saturated rings. The van der Waals surface area contributed by atoms with E-state index in [0.29, 0.717) is 11.4 Å². The van der Waals surface area contributed by atoms with Crippen LogP contribution in [0.5, 0.6) is 0 Å². The number of amides is 1. The molecule has 1 amide bonds. The highest BCUT2D eigenvalue weighted by atomic mass is 32.2. The minimum atomic E-state index is 0.108. The second kappa shape index (κ2) is 5.70. The van der Waals surface area contributed by atoms with Gasteiger partial charge in [-0.2, -0.15) is 0 Å². The van der Waals surface area contributed by atoms with Crippen LogP contribution in [0.3, 0.4) is 0 Å². The number of carbonyl (C=O) groups excluding carboxylic acids is 1. The molecule has 1 saturated heterocycles. The van der Waals surface area contributed by atoms with Crippen LogP contribution in [0, 0.1) is 0 Å². The highest BCUT2D eigenvalue weighted by Gasteiger charge is 2.28. The van der Waals surface area contributed by atoms with E-state index in [1.165, 1.54) is 0 Å². The molecule has 1 aliphatic heterocycles. The smallest absolute Gasteiger partial charge is 0.235 e. The minimum absolute atomic E-state index is 0.108. The molecule has 1 heterocycles. The summed E-state index contributed by atoms with van der Waals surface area (Å²) in [4.78, 5) is 14.2. The van der Waals surface area contributed by atoms with Crippen molar-refractivity contribution in [3.05, 3.63) is 0 Å². The third-order valence-electron chi connectivity index (χ3n) is 2.71. The largest absolute Gasteiger partial charge is 0.393 e. The van der Waals surface area contributed by atoms with E-state index in [9.17, 15) is 4.79 Å². The highest BCUT2D eigenvalue weighted by molar-refractivity contribution is 8.00. The Labute approximate surface area is 101 Å². The third kappa shape index (κ3) is 3.65.